The Kier molecular flexibility index (Phi) is 6.39. The van der Waals surface area contributed by atoms with Crippen LogP contribution in [0.2, 0.25) is 0 Å². The van der Waals surface area contributed by atoms with Gasteiger partial charge in [-0.1, -0.05) is 19.1 Å². The summed E-state index contributed by atoms with van der Waals surface area (Å²) in [5, 5.41) is 2.77. The minimum Gasteiger partial charge on any atom is -0.495 e. The Morgan fingerprint density at radius 2 is 1.77 bits per heavy atom. The van der Waals surface area contributed by atoms with Crippen LogP contribution < -0.4 is 14.8 Å². The summed E-state index contributed by atoms with van der Waals surface area (Å²) in [5.41, 5.74) is 2.04. The first-order valence-corrected chi connectivity index (χ1v) is 9.85. The highest BCUT2D eigenvalue weighted by Gasteiger charge is 2.22. The van der Waals surface area contributed by atoms with Crippen LogP contribution in [0.4, 0.5) is 5.69 Å². The van der Waals surface area contributed by atoms with Crippen LogP contribution in [0, 0.1) is 0 Å². The lowest BCUT2D eigenvalue weighted by Gasteiger charge is -2.14. The van der Waals surface area contributed by atoms with Gasteiger partial charge < -0.3 is 10.1 Å². The topological polar surface area (TPSA) is 84.5 Å². The molecule has 2 aromatic rings. The van der Waals surface area contributed by atoms with E-state index in [0.29, 0.717) is 5.69 Å². The molecule has 1 amide bonds. The Morgan fingerprint density at radius 3 is 2.31 bits per heavy atom. The molecule has 0 radical (unpaired) electrons. The molecular formula is C19H24N2O4S. The lowest BCUT2D eigenvalue weighted by Crippen LogP contribution is -2.30. The highest BCUT2D eigenvalue weighted by atomic mass is 32.2. The number of sulfonamides is 1. The number of amides is 1. The van der Waals surface area contributed by atoms with E-state index in [1.165, 1.54) is 30.9 Å². The van der Waals surface area contributed by atoms with Crippen molar-refractivity contribution in [3.63, 3.8) is 0 Å². The highest BCUT2D eigenvalue weighted by Crippen LogP contribution is 2.25. The molecule has 26 heavy (non-hydrogen) atoms. The Bertz CT molecular complexity index is 875. The van der Waals surface area contributed by atoms with Gasteiger partial charge in [0.05, 0.1) is 7.11 Å². The summed E-state index contributed by atoms with van der Waals surface area (Å²) < 4.78 is 32.6. The van der Waals surface area contributed by atoms with E-state index in [9.17, 15) is 13.2 Å². The van der Waals surface area contributed by atoms with Crippen molar-refractivity contribution in [3.8, 4) is 5.75 Å². The quantitative estimate of drug-likeness (QED) is 0.777. The highest BCUT2D eigenvalue weighted by molar-refractivity contribution is 7.89. The second kappa shape index (κ2) is 8.33. The normalized spacial score (nSPS) is 11.4. The van der Waals surface area contributed by atoms with Crippen LogP contribution in [-0.2, 0) is 16.4 Å². The van der Waals surface area contributed by atoms with E-state index < -0.39 is 15.9 Å². The van der Waals surface area contributed by atoms with Crippen LogP contribution in [0.3, 0.4) is 0 Å². The van der Waals surface area contributed by atoms with E-state index in [-0.39, 0.29) is 22.3 Å². The van der Waals surface area contributed by atoms with Gasteiger partial charge >= 0.3 is 0 Å². The number of carbonyl (C=O) groups excluding carboxylic acids is 1. The maximum atomic E-state index is 12.5. The van der Waals surface area contributed by atoms with Crippen molar-refractivity contribution < 1.29 is 17.9 Å². The molecule has 0 aliphatic heterocycles. The molecule has 0 heterocycles. The molecule has 0 spiro atoms. The number of ether oxygens (including phenoxy) is 1. The molecule has 6 nitrogen and oxygen atoms in total. The van der Waals surface area contributed by atoms with Gasteiger partial charge in [-0.2, -0.15) is 0 Å². The summed E-state index contributed by atoms with van der Waals surface area (Å²) in [6.45, 7) is 5.50. The van der Waals surface area contributed by atoms with Crippen molar-refractivity contribution >= 4 is 21.6 Å². The smallest absolute Gasteiger partial charge is 0.255 e. The zero-order valence-electron chi connectivity index (χ0n) is 15.4. The maximum absolute atomic E-state index is 12.5. The number of nitrogens with one attached hydrogen (secondary N) is 2. The fourth-order valence-corrected chi connectivity index (χ4v) is 3.87. The van der Waals surface area contributed by atoms with E-state index in [2.05, 4.69) is 17.0 Å². The van der Waals surface area contributed by atoms with Crippen LogP contribution in [0.1, 0.15) is 36.7 Å². The molecule has 0 fully saturated rings. The lowest BCUT2D eigenvalue weighted by atomic mass is 10.1. The minimum absolute atomic E-state index is 0.0670. The average Bonchev–Trinajstić information content (AvgIpc) is 2.60. The molecule has 0 bridgehead atoms. The largest absolute Gasteiger partial charge is 0.495 e. The summed E-state index contributed by atoms with van der Waals surface area (Å²) in [6.07, 6.45) is 0.913. The molecule has 0 aliphatic carbocycles. The van der Waals surface area contributed by atoms with Gasteiger partial charge in [0.25, 0.3) is 5.91 Å². The molecule has 0 aliphatic rings. The number of hydrogen-bond acceptors (Lipinski definition) is 4. The first-order valence-electron chi connectivity index (χ1n) is 8.37. The fourth-order valence-electron chi connectivity index (χ4n) is 2.43. The van der Waals surface area contributed by atoms with Crippen molar-refractivity contribution in [2.75, 3.05) is 12.4 Å². The monoisotopic (exact) mass is 376 g/mol. The van der Waals surface area contributed by atoms with Gasteiger partial charge in [0.15, 0.2) is 0 Å². The van der Waals surface area contributed by atoms with E-state index in [1.54, 1.807) is 13.8 Å². The van der Waals surface area contributed by atoms with Crippen LogP contribution in [-0.4, -0.2) is 27.5 Å². The van der Waals surface area contributed by atoms with E-state index >= 15 is 0 Å². The minimum atomic E-state index is -3.80. The number of methoxy groups -OCH3 is 1. The molecule has 0 saturated carbocycles. The summed E-state index contributed by atoms with van der Waals surface area (Å²) >= 11 is 0. The van der Waals surface area contributed by atoms with E-state index in [1.807, 2.05) is 24.3 Å². The van der Waals surface area contributed by atoms with Gasteiger partial charge in [0.1, 0.15) is 10.6 Å². The molecule has 2 N–H and O–H groups in total. The van der Waals surface area contributed by atoms with Gasteiger partial charge in [0.2, 0.25) is 10.0 Å². The van der Waals surface area contributed by atoms with Gasteiger partial charge in [-0.3, -0.25) is 4.79 Å². The number of hydrogen-bond donors (Lipinski definition) is 2. The fraction of sp³-hybridized carbons (Fsp3) is 0.316. The molecule has 0 unspecified atom stereocenters. The average molecular weight is 376 g/mol. The van der Waals surface area contributed by atoms with Crippen LogP contribution in [0.5, 0.6) is 5.75 Å². The van der Waals surface area contributed by atoms with Crippen LogP contribution in [0.15, 0.2) is 47.4 Å². The Balaban J connectivity index is 2.31. The molecule has 7 heteroatoms. The predicted octanol–water partition coefficient (Wildman–Crippen LogP) is 3.20. The molecule has 0 saturated heterocycles. The predicted molar refractivity (Wildman–Crippen MR) is 102 cm³/mol. The SMILES string of the molecule is CCc1ccc(NC(=O)c2ccc(OC)c(S(=O)(=O)NC(C)C)c2)cc1. The third kappa shape index (κ3) is 4.83. The molecular weight excluding hydrogens is 352 g/mol. The van der Waals surface area contributed by atoms with Gasteiger partial charge in [-0.25, -0.2) is 13.1 Å². The number of carbonyl (C=O) groups is 1. The van der Waals surface area contributed by atoms with Crippen LogP contribution in [0.25, 0.3) is 0 Å². The first kappa shape index (κ1) is 19.9. The third-order valence-corrected chi connectivity index (χ3v) is 5.41. The molecule has 0 atom stereocenters. The van der Waals surface area contributed by atoms with Crippen molar-refractivity contribution in [1.29, 1.82) is 0 Å². The zero-order chi connectivity index (χ0) is 19.3. The van der Waals surface area contributed by atoms with Crippen molar-refractivity contribution in [3.05, 3.63) is 53.6 Å². The standard InChI is InChI=1S/C19H24N2O4S/c1-5-14-6-9-16(10-7-14)20-19(22)15-8-11-17(25-4)18(12-15)26(23,24)21-13(2)3/h6-13,21H,5H2,1-4H3,(H,20,22). The van der Waals surface area contributed by atoms with Gasteiger partial charge in [-0.05, 0) is 56.2 Å². The van der Waals surface area contributed by atoms with Crippen molar-refractivity contribution in [2.24, 2.45) is 0 Å². The molecule has 2 rings (SSSR count). The summed E-state index contributed by atoms with van der Waals surface area (Å²) in [6, 6.07) is 11.6. The lowest BCUT2D eigenvalue weighted by molar-refractivity contribution is 0.102. The van der Waals surface area contributed by atoms with Gasteiger partial charge in [0, 0.05) is 17.3 Å². The van der Waals surface area contributed by atoms with Crippen LogP contribution >= 0.6 is 0 Å². The summed E-state index contributed by atoms with van der Waals surface area (Å²) in [7, 11) is -2.41. The third-order valence-electron chi connectivity index (χ3n) is 3.73. The maximum Gasteiger partial charge on any atom is 0.255 e. The molecule has 2 aromatic carbocycles. The number of aryl methyl sites for hydroxylation is 1. The molecule has 140 valence electrons. The zero-order valence-corrected chi connectivity index (χ0v) is 16.2. The summed E-state index contributed by atoms with van der Waals surface area (Å²) in [4.78, 5) is 12.4. The first-order chi connectivity index (χ1) is 12.3. The summed E-state index contributed by atoms with van der Waals surface area (Å²) in [5.74, 6) is -0.208. The van der Waals surface area contributed by atoms with Crippen molar-refractivity contribution in [1.82, 2.24) is 4.72 Å². The Labute approximate surface area is 154 Å². The van der Waals surface area contributed by atoms with Gasteiger partial charge in [-0.15, -0.1) is 0 Å². The van der Waals surface area contributed by atoms with E-state index in [4.69, 9.17) is 4.74 Å². The number of rotatable bonds is 7. The Hall–Kier alpha value is -2.38. The molecule has 0 aromatic heterocycles. The second-order valence-corrected chi connectivity index (χ2v) is 7.83. The second-order valence-electron chi connectivity index (χ2n) is 6.15. The number of anilines is 1. The number of benzene rings is 2. The van der Waals surface area contributed by atoms with E-state index in [0.717, 1.165) is 6.42 Å². The Morgan fingerprint density at radius 1 is 1.12 bits per heavy atom. The van der Waals surface area contributed by atoms with Crippen molar-refractivity contribution in [2.45, 2.75) is 38.1 Å².